The van der Waals surface area contributed by atoms with Gasteiger partial charge in [-0.05, 0) is 18.9 Å². The minimum Gasteiger partial charge on any atom is -0.357 e. The number of likely N-dealkylation sites (tertiary alicyclic amines) is 1. The molecule has 0 aromatic carbocycles. The van der Waals surface area contributed by atoms with Crippen molar-refractivity contribution < 1.29 is 4.79 Å². The average Bonchev–Trinajstić information content (AvgIpc) is 3.15. The maximum atomic E-state index is 12.7. The number of rotatable bonds is 4. The van der Waals surface area contributed by atoms with Crippen molar-refractivity contribution in [2.75, 3.05) is 13.6 Å². The summed E-state index contributed by atoms with van der Waals surface area (Å²) in [5, 5.41) is 7.22. The van der Waals surface area contributed by atoms with Crippen LogP contribution in [0.5, 0.6) is 0 Å². The molecule has 1 unspecified atom stereocenters. The number of hydrogen-bond acceptors (Lipinski definition) is 5. The van der Waals surface area contributed by atoms with Crippen molar-refractivity contribution >= 4 is 5.91 Å². The molecule has 7 nitrogen and oxygen atoms in total. The number of nitrogens with zero attached hydrogens (tertiary/aromatic N) is 5. The van der Waals surface area contributed by atoms with Crippen LogP contribution in [0.1, 0.15) is 24.2 Å². The fourth-order valence-corrected chi connectivity index (χ4v) is 3.21. The summed E-state index contributed by atoms with van der Waals surface area (Å²) in [4.78, 5) is 23.4. The third kappa shape index (κ3) is 2.37. The highest BCUT2D eigenvalue weighted by atomic mass is 16.2. The number of nitrogens with one attached hydrogen (secondary N) is 1. The molecule has 1 amide bonds. The van der Waals surface area contributed by atoms with Crippen molar-refractivity contribution in [1.82, 2.24) is 30.0 Å². The number of hydrogen-bond donors (Lipinski definition) is 1. The number of carbonyl (C=O) groups excluding carboxylic acids is 1. The number of carbonyl (C=O) groups is 1. The largest absolute Gasteiger partial charge is 0.357 e. The van der Waals surface area contributed by atoms with E-state index in [0.717, 1.165) is 25.1 Å². The zero-order valence-electron chi connectivity index (χ0n) is 12.9. The normalized spacial score (nSPS) is 21.9. The van der Waals surface area contributed by atoms with E-state index in [0.29, 0.717) is 12.2 Å². The standard InChI is InChI=1S/C15H20N6O/c1-16-14(22)15(13-10-17-6-7-18-13)5-3-8-21(15)11-12-4-9-20(2)19-12/h4,6-7,9-10H,3,5,8,11H2,1-2H3,(H,16,22). The van der Waals surface area contributed by atoms with E-state index in [1.54, 1.807) is 30.3 Å². The van der Waals surface area contributed by atoms with Gasteiger partial charge >= 0.3 is 0 Å². The average molecular weight is 300 g/mol. The van der Waals surface area contributed by atoms with Crippen molar-refractivity contribution in [3.05, 3.63) is 42.2 Å². The molecule has 116 valence electrons. The van der Waals surface area contributed by atoms with Crippen molar-refractivity contribution in [1.29, 1.82) is 0 Å². The second kappa shape index (κ2) is 5.84. The lowest BCUT2D eigenvalue weighted by molar-refractivity contribution is -0.132. The molecule has 7 heteroatoms. The Hall–Kier alpha value is -2.28. The molecule has 0 saturated carbocycles. The van der Waals surface area contributed by atoms with Gasteiger partial charge in [-0.2, -0.15) is 5.10 Å². The number of amides is 1. The predicted molar refractivity (Wildman–Crippen MR) is 80.6 cm³/mol. The molecule has 3 rings (SSSR count). The Morgan fingerprint density at radius 2 is 2.32 bits per heavy atom. The Morgan fingerprint density at radius 1 is 1.45 bits per heavy atom. The zero-order chi connectivity index (χ0) is 15.6. The lowest BCUT2D eigenvalue weighted by atomic mass is 9.90. The first-order chi connectivity index (χ1) is 10.7. The first-order valence-corrected chi connectivity index (χ1v) is 7.39. The van der Waals surface area contributed by atoms with Crippen LogP contribution in [0.25, 0.3) is 0 Å². The molecule has 1 aliphatic rings. The van der Waals surface area contributed by atoms with Gasteiger partial charge in [0.25, 0.3) is 0 Å². The molecule has 22 heavy (non-hydrogen) atoms. The highest BCUT2D eigenvalue weighted by molar-refractivity contribution is 5.87. The predicted octanol–water partition coefficient (Wildman–Crippen LogP) is 0.447. The summed E-state index contributed by atoms with van der Waals surface area (Å²) in [5.74, 6) is -0.0403. The van der Waals surface area contributed by atoms with E-state index in [1.165, 1.54) is 0 Å². The molecule has 0 radical (unpaired) electrons. The second-order valence-electron chi connectivity index (χ2n) is 5.54. The van der Waals surface area contributed by atoms with Crippen LogP contribution in [0.4, 0.5) is 0 Å². The van der Waals surface area contributed by atoms with Crippen LogP contribution in [-0.4, -0.2) is 44.1 Å². The quantitative estimate of drug-likeness (QED) is 0.887. The van der Waals surface area contributed by atoms with Gasteiger partial charge in [-0.25, -0.2) is 0 Å². The fraction of sp³-hybridized carbons (Fsp3) is 0.467. The number of aromatic nitrogens is 4. The van der Waals surface area contributed by atoms with Crippen molar-refractivity contribution in [2.24, 2.45) is 7.05 Å². The highest BCUT2D eigenvalue weighted by Gasteiger charge is 2.49. The monoisotopic (exact) mass is 300 g/mol. The van der Waals surface area contributed by atoms with Gasteiger partial charge in [0.2, 0.25) is 5.91 Å². The summed E-state index contributed by atoms with van der Waals surface area (Å²) < 4.78 is 1.77. The topological polar surface area (TPSA) is 75.9 Å². The minimum atomic E-state index is -0.763. The van der Waals surface area contributed by atoms with Gasteiger partial charge in [0.05, 0.1) is 17.6 Å². The molecule has 0 spiro atoms. The number of aryl methyl sites for hydroxylation is 1. The lowest BCUT2D eigenvalue weighted by Gasteiger charge is -2.35. The van der Waals surface area contributed by atoms with Gasteiger partial charge in [-0.1, -0.05) is 0 Å². The fourth-order valence-electron chi connectivity index (χ4n) is 3.21. The number of likely N-dealkylation sites (N-methyl/N-ethyl adjacent to an activating group) is 1. The molecule has 1 atom stereocenters. The summed E-state index contributed by atoms with van der Waals surface area (Å²) in [7, 11) is 3.56. The molecule has 1 fully saturated rings. The third-order valence-corrected chi connectivity index (χ3v) is 4.22. The summed E-state index contributed by atoms with van der Waals surface area (Å²) in [5.41, 5.74) is 0.880. The maximum Gasteiger partial charge on any atom is 0.246 e. The summed E-state index contributed by atoms with van der Waals surface area (Å²) in [6.07, 6.45) is 8.53. The molecule has 1 saturated heterocycles. The van der Waals surface area contributed by atoms with E-state index >= 15 is 0 Å². The van der Waals surface area contributed by atoms with Crippen molar-refractivity contribution in [2.45, 2.75) is 24.9 Å². The minimum absolute atomic E-state index is 0.0403. The first kappa shape index (κ1) is 14.6. The van der Waals surface area contributed by atoms with E-state index in [-0.39, 0.29) is 5.91 Å². The van der Waals surface area contributed by atoms with Gasteiger partial charge in [-0.3, -0.25) is 24.3 Å². The van der Waals surface area contributed by atoms with Gasteiger partial charge < -0.3 is 5.32 Å². The third-order valence-electron chi connectivity index (χ3n) is 4.22. The molecule has 2 aromatic heterocycles. The molecular weight excluding hydrogens is 280 g/mol. The van der Waals surface area contributed by atoms with Gasteiger partial charge in [0.15, 0.2) is 0 Å². The molecule has 3 heterocycles. The van der Waals surface area contributed by atoms with Gasteiger partial charge in [0, 0.05) is 45.8 Å². The highest BCUT2D eigenvalue weighted by Crippen LogP contribution is 2.38. The molecule has 1 aliphatic heterocycles. The first-order valence-electron chi connectivity index (χ1n) is 7.39. The Kier molecular flexibility index (Phi) is 3.89. The van der Waals surface area contributed by atoms with Gasteiger partial charge in [-0.15, -0.1) is 0 Å². The second-order valence-corrected chi connectivity index (χ2v) is 5.54. The van der Waals surface area contributed by atoms with Crippen LogP contribution in [0.15, 0.2) is 30.9 Å². The zero-order valence-corrected chi connectivity index (χ0v) is 12.9. The molecule has 0 bridgehead atoms. The summed E-state index contributed by atoms with van der Waals surface area (Å²) in [6.45, 7) is 1.45. The Balaban J connectivity index is 1.98. The molecular formula is C15H20N6O. The van der Waals surface area contributed by atoms with Crippen LogP contribution in [0.3, 0.4) is 0 Å². The Morgan fingerprint density at radius 3 is 2.95 bits per heavy atom. The Labute approximate surface area is 129 Å². The van der Waals surface area contributed by atoms with Crippen LogP contribution in [0.2, 0.25) is 0 Å². The summed E-state index contributed by atoms with van der Waals surface area (Å²) in [6, 6.07) is 1.98. The Bertz CT molecular complexity index is 655. The van der Waals surface area contributed by atoms with Crippen LogP contribution < -0.4 is 5.32 Å². The van der Waals surface area contributed by atoms with Gasteiger partial charge in [0.1, 0.15) is 5.54 Å². The van der Waals surface area contributed by atoms with E-state index in [2.05, 4.69) is 25.3 Å². The smallest absolute Gasteiger partial charge is 0.246 e. The van der Waals surface area contributed by atoms with Crippen molar-refractivity contribution in [3.63, 3.8) is 0 Å². The van der Waals surface area contributed by atoms with E-state index in [4.69, 9.17) is 0 Å². The molecule has 1 N–H and O–H groups in total. The van der Waals surface area contributed by atoms with E-state index < -0.39 is 5.54 Å². The molecule has 0 aliphatic carbocycles. The SMILES string of the molecule is CNC(=O)C1(c2cnccn2)CCCN1Cc1ccn(C)n1. The van der Waals surface area contributed by atoms with Crippen LogP contribution in [-0.2, 0) is 23.9 Å². The van der Waals surface area contributed by atoms with E-state index in [1.807, 2.05) is 19.3 Å². The van der Waals surface area contributed by atoms with Crippen molar-refractivity contribution in [3.8, 4) is 0 Å². The lowest BCUT2D eigenvalue weighted by Crippen LogP contribution is -2.52. The van der Waals surface area contributed by atoms with Crippen LogP contribution in [0, 0.1) is 0 Å². The summed E-state index contributed by atoms with van der Waals surface area (Å²) >= 11 is 0. The maximum absolute atomic E-state index is 12.7. The molecule has 2 aromatic rings. The van der Waals surface area contributed by atoms with E-state index in [9.17, 15) is 4.79 Å². The van der Waals surface area contributed by atoms with Crippen LogP contribution >= 0.6 is 0 Å².